The quantitative estimate of drug-likeness (QED) is 0.339. The minimum atomic E-state index is -6.09. The van der Waals surface area contributed by atoms with Crippen molar-refractivity contribution in [1.29, 1.82) is 0 Å². The van der Waals surface area contributed by atoms with Crippen LogP contribution >= 0.6 is 0 Å². The standard InChI is InChI=1S/C11H19OS.CHF3O3S/c12-7-9-13-8-3-6-11(13)10-4-1-2-5-10;2-1(3,4)8(5,6)7/h7,10-11H,1-6,8-9H2;(H,5,6,7)/q+1;/p-1. The lowest BCUT2D eigenvalue weighted by atomic mass is 10.0. The summed E-state index contributed by atoms with van der Waals surface area (Å²) >= 11 is 0. The van der Waals surface area contributed by atoms with Gasteiger partial charge in [0.1, 0.15) is 11.0 Å². The van der Waals surface area contributed by atoms with Crippen LogP contribution in [-0.2, 0) is 25.8 Å². The Hall–Kier alpha value is -0.280. The zero-order valence-corrected chi connectivity index (χ0v) is 13.1. The fraction of sp³-hybridized carbons (Fsp3) is 0.917. The first-order chi connectivity index (χ1) is 9.67. The van der Waals surface area contributed by atoms with Gasteiger partial charge < -0.3 is 4.55 Å². The van der Waals surface area contributed by atoms with Gasteiger partial charge in [-0.3, -0.25) is 4.79 Å². The molecule has 2 unspecified atom stereocenters. The highest BCUT2D eigenvalue weighted by atomic mass is 32.2. The Labute approximate surface area is 125 Å². The third kappa shape index (κ3) is 5.78. The van der Waals surface area contributed by atoms with Crippen molar-refractivity contribution in [3.8, 4) is 0 Å². The van der Waals surface area contributed by atoms with E-state index < -0.39 is 15.6 Å². The van der Waals surface area contributed by atoms with E-state index in [1.807, 2.05) is 0 Å². The number of rotatable bonds is 3. The summed E-state index contributed by atoms with van der Waals surface area (Å²) in [6.45, 7) is 0. The maximum Gasteiger partial charge on any atom is 0.485 e. The molecule has 1 saturated carbocycles. The van der Waals surface area contributed by atoms with Gasteiger partial charge in [0.25, 0.3) is 0 Å². The molecule has 1 aliphatic heterocycles. The largest absolute Gasteiger partial charge is 0.741 e. The van der Waals surface area contributed by atoms with Crippen LogP contribution in [0.4, 0.5) is 13.2 Å². The zero-order valence-electron chi connectivity index (χ0n) is 11.5. The lowest BCUT2D eigenvalue weighted by molar-refractivity contribution is -0.105. The summed E-state index contributed by atoms with van der Waals surface area (Å²) in [4.78, 5) is 10.5. The Morgan fingerprint density at radius 2 is 1.67 bits per heavy atom. The molecule has 2 atom stereocenters. The summed E-state index contributed by atoms with van der Waals surface area (Å²) in [5.74, 6) is 3.20. The van der Waals surface area contributed by atoms with Gasteiger partial charge in [0.05, 0.1) is 0 Å². The third-order valence-corrected chi connectivity index (χ3v) is 7.24. The Bertz CT molecular complexity index is 430. The van der Waals surface area contributed by atoms with Crippen molar-refractivity contribution in [1.82, 2.24) is 0 Å². The van der Waals surface area contributed by atoms with Crippen LogP contribution in [-0.4, -0.2) is 41.5 Å². The van der Waals surface area contributed by atoms with Gasteiger partial charge in [0.15, 0.2) is 22.2 Å². The second-order valence-electron chi connectivity index (χ2n) is 5.20. The molecular weight excluding hydrogens is 329 g/mol. The van der Waals surface area contributed by atoms with Crippen LogP contribution in [0.25, 0.3) is 0 Å². The number of carbonyl (C=O) groups excluding carboxylic acids is 1. The summed E-state index contributed by atoms with van der Waals surface area (Å²) in [7, 11) is -5.61. The normalized spacial score (nSPS) is 27.2. The molecular formula is C12H19F3O4S2. The molecule has 0 aromatic rings. The Kier molecular flexibility index (Phi) is 6.99. The van der Waals surface area contributed by atoms with Crippen LogP contribution in [0.2, 0.25) is 0 Å². The highest BCUT2D eigenvalue weighted by molar-refractivity contribution is 7.98. The Balaban J connectivity index is 0.000000240. The highest BCUT2D eigenvalue weighted by Crippen LogP contribution is 2.37. The third-order valence-electron chi connectivity index (χ3n) is 3.81. The molecule has 2 aliphatic rings. The van der Waals surface area contributed by atoms with Crippen molar-refractivity contribution in [2.75, 3.05) is 11.5 Å². The van der Waals surface area contributed by atoms with Crippen molar-refractivity contribution in [3.63, 3.8) is 0 Å². The summed E-state index contributed by atoms with van der Waals surface area (Å²) in [5, 5.41) is 0.938. The molecule has 0 N–H and O–H groups in total. The number of hydrogen-bond donors (Lipinski definition) is 0. The van der Waals surface area contributed by atoms with Gasteiger partial charge in [0, 0.05) is 5.92 Å². The first-order valence-corrected chi connectivity index (χ1v) is 9.82. The van der Waals surface area contributed by atoms with Gasteiger partial charge in [-0.1, -0.05) is 12.8 Å². The van der Waals surface area contributed by atoms with Gasteiger partial charge >= 0.3 is 5.51 Å². The molecule has 4 nitrogen and oxygen atoms in total. The molecule has 1 heterocycles. The molecule has 124 valence electrons. The van der Waals surface area contributed by atoms with Crippen LogP contribution in [0.15, 0.2) is 0 Å². The highest BCUT2D eigenvalue weighted by Gasteiger charge is 2.41. The smallest absolute Gasteiger partial charge is 0.485 e. The summed E-state index contributed by atoms with van der Waals surface area (Å²) in [6, 6.07) is 0. The number of aldehydes is 1. The van der Waals surface area contributed by atoms with E-state index >= 15 is 0 Å². The van der Waals surface area contributed by atoms with E-state index in [4.69, 9.17) is 13.0 Å². The van der Waals surface area contributed by atoms with Crippen molar-refractivity contribution in [2.24, 2.45) is 5.92 Å². The van der Waals surface area contributed by atoms with E-state index in [9.17, 15) is 18.0 Å². The molecule has 0 amide bonds. The van der Waals surface area contributed by atoms with Crippen LogP contribution in [0.5, 0.6) is 0 Å². The first kappa shape index (κ1) is 18.8. The average Bonchev–Trinajstić information content (AvgIpc) is 2.96. The van der Waals surface area contributed by atoms with Crippen molar-refractivity contribution < 1.29 is 30.9 Å². The minimum Gasteiger partial charge on any atom is -0.741 e. The first-order valence-electron chi connectivity index (χ1n) is 6.79. The fourth-order valence-electron chi connectivity index (χ4n) is 2.92. The monoisotopic (exact) mass is 348 g/mol. The summed E-state index contributed by atoms with van der Waals surface area (Å²) in [6.07, 6.45) is 9.75. The van der Waals surface area contributed by atoms with Crippen molar-refractivity contribution in [3.05, 3.63) is 0 Å². The molecule has 0 aromatic carbocycles. The molecule has 9 heteroatoms. The van der Waals surface area contributed by atoms with Crippen LogP contribution < -0.4 is 0 Å². The molecule has 2 rings (SSSR count). The number of hydrogen-bond acceptors (Lipinski definition) is 4. The summed E-state index contributed by atoms with van der Waals surface area (Å²) < 4.78 is 58.9. The lowest BCUT2D eigenvalue weighted by Crippen LogP contribution is -2.27. The van der Waals surface area contributed by atoms with E-state index in [-0.39, 0.29) is 0 Å². The second-order valence-corrected chi connectivity index (χ2v) is 8.99. The number of halogens is 3. The second kappa shape index (κ2) is 7.82. The molecule has 1 saturated heterocycles. The predicted molar refractivity (Wildman–Crippen MR) is 73.9 cm³/mol. The molecule has 21 heavy (non-hydrogen) atoms. The minimum absolute atomic E-state index is 0.477. The van der Waals surface area contributed by atoms with Crippen LogP contribution in [0, 0.1) is 5.92 Å². The maximum atomic E-state index is 10.7. The van der Waals surface area contributed by atoms with Crippen LogP contribution in [0.3, 0.4) is 0 Å². The van der Waals surface area contributed by atoms with E-state index in [0.29, 0.717) is 10.9 Å². The van der Waals surface area contributed by atoms with E-state index in [1.54, 1.807) is 0 Å². The van der Waals surface area contributed by atoms with Gasteiger partial charge in [-0.2, -0.15) is 13.2 Å². The Morgan fingerprint density at radius 1 is 1.14 bits per heavy atom. The van der Waals surface area contributed by atoms with Gasteiger partial charge in [-0.15, -0.1) is 0 Å². The molecule has 0 spiro atoms. The van der Waals surface area contributed by atoms with Gasteiger partial charge in [0.2, 0.25) is 0 Å². The molecule has 0 bridgehead atoms. The predicted octanol–water partition coefficient (Wildman–Crippen LogP) is 2.21. The van der Waals surface area contributed by atoms with Gasteiger partial charge in [-0.05, 0) is 36.6 Å². The van der Waals surface area contributed by atoms with E-state index in [2.05, 4.69) is 0 Å². The molecule has 0 radical (unpaired) electrons. The summed E-state index contributed by atoms with van der Waals surface area (Å²) in [5.41, 5.74) is -5.65. The molecule has 1 aliphatic carbocycles. The number of carbonyl (C=O) groups is 1. The molecule has 2 fully saturated rings. The topological polar surface area (TPSA) is 74.3 Å². The van der Waals surface area contributed by atoms with Crippen molar-refractivity contribution >= 4 is 27.3 Å². The SMILES string of the molecule is O=CC[S+]1CCCC1C1CCCC1.O=S(=O)([O-])C(F)(F)F. The zero-order chi connectivity index (χ0) is 16.1. The van der Waals surface area contributed by atoms with E-state index in [0.717, 1.165) is 23.2 Å². The lowest BCUT2D eigenvalue weighted by Gasteiger charge is -2.16. The van der Waals surface area contributed by atoms with Crippen molar-refractivity contribution in [2.45, 2.75) is 49.3 Å². The maximum absolute atomic E-state index is 10.7. The van der Waals surface area contributed by atoms with E-state index in [1.165, 1.54) is 44.3 Å². The number of alkyl halides is 3. The van der Waals surface area contributed by atoms with Crippen LogP contribution in [0.1, 0.15) is 38.5 Å². The van der Waals surface area contributed by atoms with Gasteiger partial charge in [-0.25, -0.2) is 8.42 Å². The molecule has 0 aromatic heterocycles. The average molecular weight is 348 g/mol. The Morgan fingerprint density at radius 3 is 2.10 bits per heavy atom. The fourth-order valence-corrected chi connectivity index (χ4v) is 5.66.